The van der Waals surface area contributed by atoms with Crippen molar-refractivity contribution in [3.63, 3.8) is 0 Å². The minimum Gasteiger partial charge on any atom is -0.508 e. The first kappa shape index (κ1) is 18.8. The van der Waals surface area contributed by atoms with E-state index in [0.717, 1.165) is 80.7 Å². The molecule has 0 saturated carbocycles. The van der Waals surface area contributed by atoms with Crippen molar-refractivity contribution < 1.29 is 9.84 Å². The van der Waals surface area contributed by atoms with Crippen molar-refractivity contribution in [2.75, 3.05) is 38.2 Å². The van der Waals surface area contributed by atoms with Gasteiger partial charge >= 0.3 is 0 Å². The standard InChI is InChI=1S/C22H26N4O2S/c27-17-6-2-1-4-15(17)8-9-23-21-20-16-5-3-7-18(16)29-22(20)25-19(24-21)14-26-10-12-28-13-11-26/h1-2,4,6,27H,3,5,7-14H2,(H,23,24,25). The number of ether oxygens (including phenoxy) is 1. The summed E-state index contributed by atoms with van der Waals surface area (Å²) in [7, 11) is 0. The normalized spacial score (nSPS) is 17.0. The summed E-state index contributed by atoms with van der Waals surface area (Å²) in [6.45, 7) is 4.90. The maximum Gasteiger partial charge on any atom is 0.146 e. The average molecular weight is 411 g/mol. The number of morpholine rings is 1. The van der Waals surface area contributed by atoms with E-state index in [2.05, 4.69) is 10.2 Å². The molecule has 1 aliphatic heterocycles. The molecule has 29 heavy (non-hydrogen) atoms. The summed E-state index contributed by atoms with van der Waals surface area (Å²) >= 11 is 1.83. The fourth-order valence-electron chi connectivity index (χ4n) is 4.24. The fraction of sp³-hybridized carbons (Fsp3) is 0.455. The number of hydrogen-bond acceptors (Lipinski definition) is 7. The molecule has 0 bridgehead atoms. The van der Waals surface area contributed by atoms with E-state index >= 15 is 0 Å². The number of nitrogens with one attached hydrogen (secondary N) is 1. The lowest BCUT2D eigenvalue weighted by molar-refractivity contribution is 0.0331. The molecule has 3 heterocycles. The summed E-state index contributed by atoms with van der Waals surface area (Å²) in [5, 5.41) is 14.8. The lowest BCUT2D eigenvalue weighted by Crippen LogP contribution is -2.36. The highest BCUT2D eigenvalue weighted by atomic mass is 32.1. The number of rotatable bonds is 6. The number of fused-ring (bicyclic) bond motifs is 3. The molecule has 6 nitrogen and oxygen atoms in total. The molecule has 2 aliphatic rings. The fourth-order valence-corrected chi connectivity index (χ4v) is 5.52. The Morgan fingerprint density at radius 3 is 2.86 bits per heavy atom. The first-order valence-electron chi connectivity index (χ1n) is 10.4. The molecule has 1 aliphatic carbocycles. The first-order chi connectivity index (χ1) is 14.3. The topological polar surface area (TPSA) is 70.5 Å². The van der Waals surface area contributed by atoms with E-state index < -0.39 is 0 Å². The van der Waals surface area contributed by atoms with E-state index in [9.17, 15) is 5.11 Å². The Morgan fingerprint density at radius 1 is 1.14 bits per heavy atom. The van der Waals surface area contributed by atoms with Gasteiger partial charge in [0.1, 0.15) is 22.2 Å². The van der Waals surface area contributed by atoms with Crippen LogP contribution in [0.2, 0.25) is 0 Å². The molecule has 0 spiro atoms. The zero-order valence-corrected chi connectivity index (χ0v) is 17.3. The van der Waals surface area contributed by atoms with Gasteiger partial charge in [0, 0.05) is 24.5 Å². The van der Waals surface area contributed by atoms with E-state index in [4.69, 9.17) is 14.7 Å². The highest BCUT2D eigenvalue weighted by molar-refractivity contribution is 7.19. The molecule has 3 aromatic rings. The number of phenolic OH excluding ortho intramolecular Hbond substituents is 1. The van der Waals surface area contributed by atoms with Crippen molar-refractivity contribution in [2.24, 2.45) is 0 Å². The molecule has 0 atom stereocenters. The summed E-state index contributed by atoms with van der Waals surface area (Å²) in [5.74, 6) is 2.18. The van der Waals surface area contributed by atoms with Crippen LogP contribution in [0, 0.1) is 0 Å². The largest absolute Gasteiger partial charge is 0.508 e. The van der Waals surface area contributed by atoms with Gasteiger partial charge in [-0.25, -0.2) is 9.97 Å². The van der Waals surface area contributed by atoms with Gasteiger partial charge in [0.25, 0.3) is 0 Å². The predicted molar refractivity (Wildman–Crippen MR) is 116 cm³/mol. The minimum atomic E-state index is 0.353. The third-order valence-corrected chi connectivity index (χ3v) is 6.94. The van der Waals surface area contributed by atoms with E-state index in [-0.39, 0.29) is 0 Å². The molecule has 2 aromatic heterocycles. The van der Waals surface area contributed by atoms with Crippen molar-refractivity contribution in [1.82, 2.24) is 14.9 Å². The number of phenols is 1. The molecule has 152 valence electrons. The summed E-state index contributed by atoms with van der Waals surface area (Å²) in [6.07, 6.45) is 4.26. The van der Waals surface area contributed by atoms with Gasteiger partial charge in [0.05, 0.1) is 25.1 Å². The quantitative estimate of drug-likeness (QED) is 0.649. The number of hydrogen-bond donors (Lipinski definition) is 2. The smallest absolute Gasteiger partial charge is 0.146 e. The molecular formula is C22H26N4O2S. The number of benzene rings is 1. The Labute approximate surface area is 174 Å². The van der Waals surface area contributed by atoms with Crippen LogP contribution in [-0.4, -0.2) is 52.8 Å². The van der Waals surface area contributed by atoms with Gasteiger partial charge in [-0.05, 0) is 42.9 Å². The number of para-hydroxylation sites is 1. The number of anilines is 1. The Kier molecular flexibility index (Phi) is 5.35. The Bertz CT molecular complexity index is 1010. The lowest BCUT2D eigenvalue weighted by Gasteiger charge is -2.25. The molecule has 0 amide bonds. The van der Waals surface area contributed by atoms with Crippen LogP contribution in [-0.2, 0) is 30.5 Å². The van der Waals surface area contributed by atoms with Crippen molar-refractivity contribution >= 4 is 27.4 Å². The first-order valence-corrected chi connectivity index (χ1v) is 11.2. The third-order valence-electron chi connectivity index (χ3n) is 5.76. The average Bonchev–Trinajstić information content (AvgIpc) is 3.31. The number of aryl methyl sites for hydroxylation is 2. The Morgan fingerprint density at radius 2 is 2.00 bits per heavy atom. The van der Waals surface area contributed by atoms with Gasteiger partial charge in [0.2, 0.25) is 0 Å². The van der Waals surface area contributed by atoms with Crippen LogP contribution in [0.25, 0.3) is 10.2 Å². The molecular weight excluding hydrogens is 384 g/mol. The molecule has 7 heteroatoms. The Balaban J connectivity index is 1.40. The van der Waals surface area contributed by atoms with E-state index in [1.807, 2.05) is 29.5 Å². The summed E-state index contributed by atoms with van der Waals surface area (Å²) in [5.41, 5.74) is 2.39. The van der Waals surface area contributed by atoms with Crippen LogP contribution in [0.5, 0.6) is 5.75 Å². The van der Waals surface area contributed by atoms with Gasteiger partial charge in [-0.2, -0.15) is 0 Å². The van der Waals surface area contributed by atoms with Gasteiger partial charge in [-0.15, -0.1) is 11.3 Å². The Hall–Kier alpha value is -2.22. The molecule has 0 radical (unpaired) electrons. The number of nitrogens with zero attached hydrogens (tertiary/aromatic N) is 3. The van der Waals surface area contributed by atoms with Crippen molar-refractivity contribution in [3.05, 3.63) is 46.1 Å². The number of aromatic hydroxyl groups is 1. The summed E-state index contributed by atoms with van der Waals surface area (Å²) in [6, 6.07) is 7.53. The lowest BCUT2D eigenvalue weighted by atomic mass is 10.1. The van der Waals surface area contributed by atoms with Gasteiger partial charge in [-0.3, -0.25) is 4.90 Å². The number of thiophene rings is 1. The van der Waals surface area contributed by atoms with E-state index in [1.165, 1.54) is 22.2 Å². The highest BCUT2D eigenvalue weighted by Gasteiger charge is 2.23. The van der Waals surface area contributed by atoms with Crippen LogP contribution >= 0.6 is 11.3 Å². The van der Waals surface area contributed by atoms with Crippen LogP contribution in [0.15, 0.2) is 24.3 Å². The van der Waals surface area contributed by atoms with E-state index in [1.54, 1.807) is 6.07 Å². The molecule has 1 aromatic carbocycles. The SMILES string of the molecule is Oc1ccccc1CCNc1nc(CN2CCOCC2)nc2sc3c(c12)CCC3. The van der Waals surface area contributed by atoms with Crippen LogP contribution < -0.4 is 5.32 Å². The van der Waals surface area contributed by atoms with Gasteiger partial charge in [0.15, 0.2) is 0 Å². The second kappa shape index (κ2) is 8.26. The zero-order valence-electron chi connectivity index (χ0n) is 16.5. The second-order valence-electron chi connectivity index (χ2n) is 7.72. The molecule has 2 N–H and O–H groups in total. The second-order valence-corrected chi connectivity index (χ2v) is 8.80. The van der Waals surface area contributed by atoms with Gasteiger partial charge < -0.3 is 15.2 Å². The maximum atomic E-state index is 10.0. The van der Waals surface area contributed by atoms with Crippen molar-refractivity contribution in [3.8, 4) is 5.75 Å². The highest BCUT2D eigenvalue weighted by Crippen LogP contribution is 2.39. The zero-order chi connectivity index (χ0) is 19.6. The van der Waals surface area contributed by atoms with E-state index in [0.29, 0.717) is 5.75 Å². The molecule has 1 saturated heterocycles. The van der Waals surface area contributed by atoms with Gasteiger partial charge in [-0.1, -0.05) is 18.2 Å². The number of aromatic nitrogens is 2. The van der Waals surface area contributed by atoms with Crippen LogP contribution in [0.3, 0.4) is 0 Å². The van der Waals surface area contributed by atoms with Crippen molar-refractivity contribution in [2.45, 2.75) is 32.2 Å². The summed E-state index contributed by atoms with van der Waals surface area (Å²) < 4.78 is 5.46. The summed E-state index contributed by atoms with van der Waals surface area (Å²) in [4.78, 5) is 14.8. The minimum absolute atomic E-state index is 0.353. The maximum absolute atomic E-state index is 10.0. The molecule has 5 rings (SSSR count). The predicted octanol–water partition coefficient (Wildman–Crippen LogP) is 3.37. The third kappa shape index (κ3) is 3.95. The molecule has 1 fully saturated rings. The van der Waals surface area contributed by atoms with Crippen LogP contribution in [0.4, 0.5) is 5.82 Å². The molecule has 0 unspecified atom stereocenters. The van der Waals surface area contributed by atoms with Crippen LogP contribution in [0.1, 0.15) is 28.2 Å². The monoisotopic (exact) mass is 410 g/mol. The van der Waals surface area contributed by atoms with Crippen molar-refractivity contribution in [1.29, 1.82) is 0 Å².